The summed E-state index contributed by atoms with van der Waals surface area (Å²) in [6.45, 7) is 0. The number of allylic oxidation sites excluding steroid dienone is 4. The van der Waals surface area contributed by atoms with Gasteiger partial charge in [0.1, 0.15) is 5.41 Å². The molecule has 0 bridgehead atoms. The maximum atomic E-state index is 5.34. The first-order chi connectivity index (χ1) is 6.71. The molecule has 1 rings (SSSR count). The average Bonchev–Trinajstić information content (AvgIpc) is 2.28. The average molecular weight is 176 g/mol. The highest BCUT2D eigenvalue weighted by Crippen LogP contribution is 2.29. The summed E-state index contributed by atoms with van der Waals surface area (Å²) in [6.07, 6.45) is 26.5. The van der Waals surface area contributed by atoms with Gasteiger partial charge in [-0.2, -0.15) is 0 Å². The highest BCUT2D eigenvalue weighted by molar-refractivity contribution is 5.50. The van der Waals surface area contributed by atoms with Crippen molar-refractivity contribution < 1.29 is 0 Å². The minimum Gasteiger partial charge on any atom is -0.119 e. The fourth-order valence-corrected chi connectivity index (χ4v) is 1.23. The van der Waals surface area contributed by atoms with Gasteiger partial charge in [0, 0.05) is 5.57 Å². The molecule has 1 unspecified atom stereocenters. The van der Waals surface area contributed by atoms with Crippen LogP contribution in [0.1, 0.15) is 0 Å². The molecule has 0 aromatic rings. The van der Waals surface area contributed by atoms with E-state index < -0.39 is 5.41 Å². The Labute approximate surface area is 85.1 Å². The first-order valence-corrected chi connectivity index (χ1v) is 4.01. The van der Waals surface area contributed by atoms with Crippen molar-refractivity contribution in [2.24, 2.45) is 11.3 Å². The van der Waals surface area contributed by atoms with E-state index in [0.29, 0.717) is 5.57 Å². The highest BCUT2D eigenvalue weighted by Gasteiger charge is 2.25. The monoisotopic (exact) mass is 176 g/mol. The lowest BCUT2D eigenvalue weighted by atomic mass is 9.79. The van der Waals surface area contributed by atoms with Gasteiger partial charge < -0.3 is 0 Å². The van der Waals surface area contributed by atoms with Crippen molar-refractivity contribution in [3.63, 3.8) is 0 Å². The Bertz CT molecular complexity index is 444. The Morgan fingerprint density at radius 3 is 2.21 bits per heavy atom. The molecule has 0 fully saturated rings. The summed E-state index contributed by atoms with van der Waals surface area (Å²) in [7, 11) is 0. The molecular formula is C14H8. The second-order valence-corrected chi connectivity index (χ2v) is 2.91. The maximum Gasteiger partial charge on any atom is 0.129 e. The molecule has 0 heterocycles. The Morgan fingerprint density at radius 2 is 1.79 bits per heavy atom. The molecule has 0 saturated heterocycles. The molecule has 64 valence electrons. The molecule has 0 nitrogen and oxygen atoms in total. The van der Waals surface area contributed by atoms with E-state index in [1.54, 1.807) is 18.2 Å². The smallest absolute Gasteiger partial charge is 0.119 e. The summed E-state index contributed by atoms with van der Waals surface area (Å²) in [5, 5.41) is 0. The minimum absolute atomic E-state index is 0.185. The van der Waals surface area contributed by atoms with Gasteiger partial charge in [0.25, 0.3) is 0 Å². The van der Waals surface area contributed by atoms with Crippen molar-refractivity contribution >= 4 is 0 Å². The molecule has 14 heavy (non-hydrogen) atoms. The van der Waals surface area contributed by atoms with Crippen molar-refractivity contribution in [3.05, 3.63) is 23.8 Å². The number of terminal acetylenes is 4. The van der Waals surface area contributed by atoms with Crippen LogP contribution in [0.25, 0.3) is 0 Å². The molecule has 0 aromatic heterocycles. The largest absolute Gasteiger partial charge is 0.129 e. The molecule has 0 N–H and O–H groups in total. The van der Waals surface area contributed by atoms with Crippen molar-refractivity contribution in [2.75, 3.05) is 0 Å². The zero-order valence-corrected chi connectivity index (χ0v) is 7.62. The SMILES string of the molecule is C#CC1=CC(C#C)(C#C)C=CC1C#C. The van der Waals surface area contributed by atoms with Crippen LogP contribution in [-0.2, 0) is 0 Å². The van der Waals surface area contributed by atoms with Gasteiger partial charge in [-0.1, -0.05) is 35.8 Å². The van der Waals surface area contributed by atoms with Crippen LogP contribution in [-0.4, -0.2) is 0 Å². The van der Waals surface area contributed by atoms with E-state index in [-0.39, 0.29) is 5.92 Å². The van der Waals surface area contributed by atoms with Crippen molar-refractivity contribution in [3.8, 4) is 49.4 Å². The molecule has 0 aliphatic heterocycles. The quantitative estimate of drug-likeness (QED) is 0.388. The summed E-state index contributed by atoms with van der Waals surface area (Å²) in [5.41, 5.74) is -0.152. The summed E-state index contributed by atoms with van der Waals surface area (Å²) in [6, 6.07) is 0. The molecule has 0 heteroatoms. The lowest BCUT2D eigenvalue weighted by molar-refractivity contribution is 0.827. The second-order valence-electron chi connectivity index (χ2n) is 2.91. The Hall–Kier alpha value is -2.28. The van der Waals surface area contributed by atoms with Gasteiger partial charge in [0.2, 0.25) is 0 Å². The maximum absolute atomic E-state index is 5.34. The third-order valence-corrected chi connectivity index (χ3v) is 2.09. The topological polar surface area (TPSA) is 0 Å². The molecule has 0 radical (unpaired) electrons. The van der Waals surface area contributed by atoms with E-state index in [1.165, 1.54) is 0 Å². The van der Waals surface area contributed by atoms with E-state index in [1.807, 2.05) is 0 Å². The molecule has 0 saturated carbocycles. The summed E-state index contributed by atoms with van der Waals surface area (Å²) >= 11 is 0. The molecular weight excluding hydrogens is 168 g/mol. The number of hydrogen-bond donors (Lipinski definition) is 0. The standard InChI is InChI=1S/C14H8/c1-5-12-9-10-14(7-3,8-4)11-13(12)6-2/h1-4,9-12H. The van der Waals surface area contributed by atoms with Gasteiger partial charge >= 0.3 is 0 Å². The second kappa shape index (κ2) is 3.62. The van der Waals surface area contributed by atoms with E-state index in [0.717, 1.165) is 0 Å². The Kier molecular flexibility index (Phi) is 2.54. The van der Waals surface area contributed by atoms with Crippen molar-refractivity contribution in [1.82, 2.24) is 0 Å². The highest BCUT2D eigenvalue weighted by atomic mass is 14.2. The number of rotatable bonds is 0. The molecule has 0 amide bonds. The predicted octanol–water partition coefficient (Wildman–Crippen LogP) is 1.62. The molecule has 1 aliphatic carbocycles. The molecule has 1 atom stereocenters. The van der Waals surface area contributed by atoms with Crippen LogP contribution in [0.4, 0.5) is 0 Å². The zero-order chi connectivity index (χ0) is 10.6. The fourth-order valence-electron chi connectivity index (χ4n) is 1.23. The van der Waals surface area contributed by atoms with Crippen LogP contribution >= 0.6 is 0 Å². The summed E-state index contributed by atoms with van der Waals surface area (Å²) in [5.74, 6) is 9.90. The van der Waals surface area contributed by atoms with Gasteiger partial charge in [0.15, 0.2) is 0 Å². The van der Waals surface area contributed by atoms with Crippen LogP contribution < -0.4 is 0 Å². The molecule has 0 aromatic carbocycles. The van der Waals surface area contributed by atoms with Crippen LogP contribution in [0.3, 0.4) is 0 Å². The first kappa shape index (κ1) is 9.81. The van der Waals surface area contributed by atoms with Crippen molar-refractivity contribution in [2.45, 2.75) is 0 Å². The van der Waals surface area contributed by atoms with Crippen LogP contribution in [0.15, 0.2) is 23.8 Å². The van der Waals surface area contributed by atoms with Gasteiger partial charge in [-0.15, -0.1) is 25.7 Å². The lowest BCUT2D eigenvalue weighted by Crippen LogP contribution is -2.16. The van der Waals surface area contributed by atoms with Crippen LogP contribution in [0.5, 0.6) is 0 Å². The van der Waals surface area contributed by atoms with Gasteiger partial charge in [-0.3, -0.25) is 0 Å². The third-order valence-electron chi connectivity index (χ3n) is 2.09. The Morgan fingerprint density at radius 1 is 1.14 bits per heavy atom. The van der Waals surface area contributed by atoms with Crippen LogP contribution in [0.2, 0.25) is 0 Å². The van der Waals surface area contributed by atoms with E-state index >= 15 is 0 Å². The van der Waals surface area contributed by atoms with E-state index in [2.05, 4.69) is 23.7 Å². The van der Waals surface area contributed by atoms with Crippen LogP contribution in [0, 0.1) is 60.7 Å². The summed E-state index contributed by atoms with van der Waals surface area (Å²) < 4.78 is 0. The van der Waals surface area contributed by atoms with Gasteiger partial charge in [-0.25, -0.2) is 0 Å². The normalized spacial score (nSPS) is 22.0. The number of hydrogen-bond acceptors (Lipinski definition) is 0. The fraction of sp³-hybridized carbons (Fsp3) is 0.143. The van der Waals surface area contributed by atoms with E-state index in [9.17, 15) is 0 Å². The zero-order valence-electron chi connectivity index (χ0n) is 7.62. The van der Waals surface area contributed by atoms with Gasteiger partial charge in [-0.05, 0) is 6.08 Å². The van der Waals surface area contributed by atoms with Crippen molar-refractivity contribution in [1.29, 1.82) is 0 Å². The molecule has 1 aliphatic rings. The minimum atomic E-state index is -0.810. The predicted molar refractivity (Wildman–Crippen MR) is 58.5 cm³/mol. The molecule has 0 spiro atoms. The third kappa shape index (κ3) is 1.43. The van der Waals surface area contributed by atoms with E-state index in [4.69, 9.17) is 25.7 Å². The van der Waals surface area contributed by atoms with Gasteiger partial charge in [0.05, 0.1) is 5.92 Å². The lowest BCUT2D eigenvalue weighted by Gasteiger charge is -2.21. The Balaban J connectivity index is 3.24. The summed E-state index contributed by atoms with van der Waals surface area (Å²) in [4.78, 5) is 0. The first-order valence-electron chi connectivity index (χ1n) is 4.01.